The van der Waals surface area contributed by atoms with E-state index < -0.39 is 32.8 Å². The molecule has 27 heavy (non-hydrogen) atoms. The van der Waals surface area contributed by atoms with E-state index in [4.69, 9.17) is 4.55 Å². The van der Waals surface area contributed by atoms with E-state index in [0.717, 1.165) is 24.4 Å². The molecule has 142 valence electrons. The third-order valence-corrected chi connectivity index (χ3v) is 4.36. The number of nitrogens with zero attached hydrogens (tertiary/aromatic N) is 4. The highest BCUT2D eigenvalue weighted by molar-refractivity contribution is 7.85. The van der Waals surface area contributed by atoms with Crippen LogP contribution in [0.25, 0.3) is 17.2 Å². The Labute approximate surface area is 150 Å². The second-order valence-corrected chi connectivity index (χ2v) is 6.88. The average Bonchev–Trinajstić information content (AvgIpc) is 3.02. The molecule has 2 heterocycles. The predicted octanol–water partition coefficient (Wildman–Crippen LogP) is 3.04. The highest BCUT2D eigenvalue weighted by Crippen LogP contribution is 2.30. The van der Waals surface area contributed by atoms with E-state index in [0.29, 0.717) is 4.68 Å². The van der Waals surface area contributed by atoms with Crippen molar-refractivity contribution in [2.75, 3.05) is 0 Å². The van der Waals surface area contributed by atoms with Gasteiger partial charge in [0.2, 0.25) is 0 Å². The van der Waals surface area contributed by atoms with Crippen LogP contribution in [0.3, 0.4) is 0 Å². The lowest BCUT2D eigenvalue weighted by Gasteiger charge is -2.06. The van der Waals surface area contributed by atoms with E-state index in [1.807, 2.05) is 0 Å². The molecule has 0 fully saturated rings. The van der Waals surface area contributed by atoms with Gasteiger partial charge in [-0.25, -0.2) is 14.4 Å². The summed E-state index contributed by atoms with van der Waals surface area (Å²) >= 11 is 0. The zero-order valence-electron chi connectivity index (χ0n) is 13.4. The molecule has 7 nitrogen and oxygen atoms in total. The summed E-state index contributed by atoms with van der Waals surface area (Å²) in [5, 5.41) is 3.36. The molecule has 1 N–H and O–H groups in total. The van der Waals surface area contributed by atoms with Crippen LogP contribution in [-0.2, 0) is 16.3 Å². The molecular weight excluding hydrogens is 392 g/mol. The van der Waals surface area contributed by atoms with Gasteiger partial charge in [-0.2, -0.15) is 26.3 Å². The highest BCUT2D eigenvalue weighted by atomic mass is 32.2. The molecule has 0 bridgehead atoms. The Balaban J connectivity index is 2.19. The molecule has 0 aliphatic carbocycles. The minimum Gasteiger partial charge on any atom is -0.282 e. The van der Waals surface area contributed by atoms with Gasteiger partial charge in [0, 0.05) is 5.56 Å². The van der Waals surface area contributed by atoms with Crippen molar-refractivity contribution in [1.82, 2.24) is 19.7 Å². The van der Waals surface area contributed by atoms with Crippen molar-refractivity contribution in [3.63, 3.8) is 0 Å². The Morgan fingerprint density at radius 3 is 2.37 bits per heavy atom. The van der Waals surface area contributed by atoms with Gasteiger partial charge in [-0.15, -0.1) is 5.10 Å². The summed E-state index contributed by atoms with van der Waals surface area (Å²) in [5.41, 5.74) is 0.304. The maximum atomic E-state index is 13.8. The number of hydrogen-bond acceptors (Lipinski definition) is 5. The van der Waals surface area contributed by atoms with Gasteiger partial charge in [0.05, 0.1) is 6.20 Å². The molecule has 3 rings (SSSR count). The third kappa shape index (κ3) is 3.80. The van der Waals surface area contributed by atoms with Crippen LogP contribution in [0.15, 0.2) is 41.4 Å². The summed E-state index contributed by atoms with van der Waals surface area (Å²) < 4.78 is 84.7. The predicted molar refractivity (Wildman–Crippen MR) is 84.1 cm³/mol. The van der Waals surface area contributed by atoms with Gasteiger partial charge < -0.3 is 0 Å². The van der Waals surface area contributed by atoms with Crippen LogP contribution in [0.4, 0.5) is 17.6 Å². The highest BCUT2D eigenvalue weighted by Gasteiger charge is 2.37. The van der Waals surface area contributed by atoms with Crippen LogP contribution < -0.4 is 0 Å². The van der Waals surface area contributed by atoms with Crippen molar-refractivity contribution in [3.05, 3.63) is 53.7 Å². The van der Waals surface area contributed by atoms with E-state index in [2.05, 4.69) is 15.1 Å². The maximum absolute atomic E-state index is 13.8. The van der Waals surface area contributed by atoms with Gasteiger partial charge in [0.1, 0.15) is 10.7 Å². The van der Waals surface area contributed by atoms with Crippen molar-refractivity contribution >= 4 is 10.1 Å². The molecule has 0 amide bonds. The Hall–Kier alpha value is -2.86. The minimum atomic E-state index is -4.86. The number of hydrogen-bond donors (Lipinski definition) is 1. The van der Waals surface area contributed by atoms with Gasteiger partial charge >= 0.3 is 6.18 Å². The molecule has 12 heteroatoms. The fraction of sp³-hybridized carbons (Fsp3) is 0.133. The first-order valence-corrected chi connectivity index (χ1v) is 8.65. The summed E-state index contributed by atoms with van der Waals surface area (Å²) in [7, 11) is -4.53. The molecule has 0 spiro atoms. The topological polar surface area (TPSA) is 98.0 Å². The van der Waals surface area contributed by atoms with Gasteiger partial charge in [0.25, 0.3) is 15.9 Å². The van der Waals surface area contributed by atoms with Gasteiger partial charge in [-0.1, -0.05) is 12.1 Å². The molecule has 0 saturated heterocycles. The smallest absolute Gasteiger partial charge is 0.282 e. The number of pyridine rings is 1. The van der Waals surface area contributed by atoms with Crippen LogP contribution in [-0.4, -0.2) is 32.7 Å². The Morgan fingerprint density at radius 1 is 1.15 bits per heavy atom. The van der Waals surface area contributed by atoms with Crippen LogP contribution >= 0.6 is 0 Å². The average molecular weight is 402 g/mol. The van der Waals surface area contributed by atoms with E-state index in [-0.39, 0.29) is 22.8 Å². The first kappa shape index (κ1) is 18.9. The van der Waals surface area contributed by atoms with Crippen molar-refractivity contribution in [1.29, 1.82) is 0 Å². The number of aromatic nitrogens is 4. The normalized spacial score (nSPS) is 12.4. The van der Waals surface area contributed by atoms with Crippen LogP contribution in [0, 0.1) is 12.7 Å². The first-order valence-electron chi connectivity index (χ1n) is 7.21. The Kier molecular flexibility index (Phi) is 4.48. The lowest BCUT2D eigenvalue weighted by Crippen LogP contribution is -2.09. The SMILES string of the molecule is Cc1ccc(-c2nc(C(F)(F)F)nn2-c2ccc(S(=O)(=O)O)cn2)cc1F. The van der Waals surface area contributed by atoms with Crippen LogP contribution in [0.1, 0.15) is 11.4 Å². The number of halogens is 4. The van der Waals surface area contributed by atoms with Crippen molar-refractivity contribution in [3.8, 4) is 17.2 Å². The van der Waals surface area contributed by atoms with Crippen molar-refractivity contribution in [2.24, 2.45) is 0 Å². The lowest BCUT2D eigenvalue weighted by atomic mass is 10.1. The molecule has 0 saturated carbocycles. The molecule has 0 aliphatic heterocycles. The molecule has 2 aromatic heterocycles. The van der Waals surface area contributed by atoms with E-state index >= 15 is 0 Å². The van der Waals surface area contributed by atoms with E-state index in [1.54, 1.807) is 0 Å². The van der Waals surface area contributed by atoms with Crippen LogP contribution in [0.5, 0.6) is 0 Å². The first-order chi connectivity index (χ1) is 12.5. The summed E-state index contributed by atoms with van der Waals surface area (Å²) in [6.45, 7) is 1.49. The quantitative estimate of drug-likeness (QED) is 0.534. The number of benzene rings is 1. The third-order valence-electron chi connectivity index (χ3n) is 3.53. The molecular formula is C15H10F4N4O3S. The number of alkyl halides is 3. The molecule has 0 aliphatic rings. The molecule has 3 aromatic rings. The zero-order chi connectivity index (χ0) is 20.0. The van der Waals surface area contributed by atoms with Crippen molar-refractivity contribution in [2.45, 2.75) is 18.0 Å². The molecule has 0 unspecified atom stereocenters. The largest absolute Gasteiger partial charge is 0.453 e. The summed E-state index contributed by atoms with van der Waals surface area (Å²) in [6, 6.07) is 5.71. The van der Waals surface area contributed by atoms with Gasteiger partial charge in [0.15, 0.2) is 11.6 Å². The Morgan fingerprint density at radius 2 is 1.85 bits per heavy atom. The second-order valence-electron chi connectivity index (χ2n) is 5.46. The lowest BCUT2D eigenvalue weighted by molar-refractivity contribution is -0.144. The van der Waals surface area contributed by atoms with Gasteiger partial charge in [-0.3, -0.25) is 4.55 Å². The standard InChI is InChI=1S/C15H10F4N4O3S/c1-8-2-3-9(6-11(8)16)13-21-14(15(17,18)19)22-23(13)12-5-4-10(7-20-12)27(24,25)26/h2-7H,1H3,(H,24,25,26). The second kappa shape index (κ2) is 6.39. The fourth-order valence-corrected chi connectivity index (χ4v) is 2.59. The van der Waals surface area contributed by atoms with Crippen molar-refractivity contribution < 1.29 is 30.5 Å². The summed E-state index contributed by atoms with van der Waals surface area (Å²) in [5.74, 6) is -2.67. The number of rotatable bonds is 3. The maximum Gasteiger partial charge on any atom is 0.453 e. The molecule has 0 atom stereocenters. The summed E-state index contributed by atoms with van der Waals surface area (Å²) in [4.78, 5) is 6.57. The summed E-state index contributed by atoms with van der Waals surface area (Å²) in [6.07, 6.45) is -4.11. The van der Waals surface area contributed by atoms with E-state index in [9.17, 15) is 26.0 Å². The van der Waals surface area contributed by atoms with E-state index in [1.165, 1.54) is 19.1 Å². The monoisotopic (exact) mass is 402 g/mol. The zero-order valence-corrected chi connectivity index (χ0v) is 14.3. The Bertz CT molecular complexity index is 1110. The van der Waals surface area contributed by atoms with Gasteiger partial charge in [-0.05, 0) is 30.7 Å². The minimum absolute atomic E-state index is 0.0155. The number of aryl methyl sites for hydroxylation is 1. The molecule has 1 aromatic carbocycles. The van der Waals surface area contributed by atoms with Crippen LogP contribution in [0.2, 0.25) is 0 Å². The fourth-order valence-electron chi connectivity index (χ4n) is 2.16. The molecule has 0 radical (unpaired) electrons.